The number of esters is 1. The van der Waals surface area contributed by atoms with Gasteiger partial charge in [0.15, 0.2) is 0 Å². The summed E-state index contributed by atoms with van der Waals surface area (Å²) < 4.78 is 4.70. The molecule has 0 bridgehead atoms. The van der Waals surface area contributed by atoms with E-state index in [1.54, 1.807) is 6.07 Å². The lowest BCUT2D eigenvalue weighted by atomic mass is 9.97. The van der Waals surface area contributed by atoms with Crippen molar-refractivity contribution in [3.63, 3.8) is 0 Å². The minimum atomic E-state index is -0.709. The number of nitro groups is 1. The Hall–Kier alpha value is -2.48. The second-order valence-corrected chi connectivity index (χ2v) is 6.28. The molecule has 1 unspecified atom stereocenters. The van der Waals surface area contributed by atoms with E-state index >= 15 is 0 Å². The first-order valence-corrected chi connectivity index (χ1v) is 8.27. The fourth-order valence-electron chi connectivity index (χ4n) is 2.92. The molecule has 1 aliphatic heterocycles. The molecule has 1 aliphatic rings. The third-order valence-electron chi connectivity index (χ3n) is 4.51. The van der Waals surface area contributed by atoms with Crippen LogP contribution < -0.4 is 5.32 Å². The summed E-state index contributed by atoms with van der Waals surface area (Å²) in [5, 5.41) is 13.7. The van der Waals surface area contributed by atoms with Crippen LogP contribution in [0.1, 0.15) is 26.2 Å². The second kappa shape index (κ2) is 8.57. The number of nitro benzene ring substituents is 1. The number of methoxy groups -OCH3 is 1. The van der Waals surface area contributed by atoms with Crippen molar-refractivity contribution in [2.24, 2.45) is 5.92 Å². The number of nitrogens with zero attached hydrogens (tertiary/aromatic N) is 2. The highest BCUT2D eigenvalue weighted by Crippen LogP contribution is 2.25. The maximum Gasteiger partial charge on any atom is 0.307 e. The highest BCUT2D eigenvalue weighted by Gasteiger charge is 2.32. The zero-order chi connectivity index (χ0) is 18.4. The Morgan fingerprint density at radius 1 is 1.36 bits per heavy atom. The predicted octanol–water partition coefficient (Wildman–Crippen LogP) is 2.20. The Bertz CT molecular complexity index is 641. The van der Waals surface area contributed by atoms with Crippen LogP contribution in [0.4, 0.5) is 11.4 Å². The normalized spacial score (nSPS) is 16.9. The Morgan fingerprint density at radius 2 is 2.00 bits per heavy atom. The number of hydrogen-bond acceptors (Lipinski definition) is 6. The number of piperidine rings is 1. The number of anilines is 1. The molecule has 8 nitrogen and oxygen atoms in total. The summed E-state index contributed by atoms with van der Waals surface area (Å²) in [6.45, 7) is 3.56. The van der Waals surface area contributed by atoms with Crippen LogP contribution in [0, 0.1) is 16.0 Å². The fourth-order valence-corrected chi connectivity index (χ4v) is 2.92. The van der Waals surface area contributed by atoms with E-state index in [1.165, 1.54) is 25.3 Å². The van der Waals surface area contributed by atoms with Crippen LogP contribution in [-0.2, 0) is 14.3 Å². The summed E-state index contributed by atoms with van der Waals surface area (Å²) in [5.74, 6) is -0.344. The highest BCUT2D eigenvalue weighted by atomic mass is 16.6. The Balaban J connectivity index is 2.17. The van der Waals surface area contributed by atoms with Gasteiger partial charge >= 0.3 is 5.97 Å². The van der Waals surface area contributed by atoms with Crippen LogP contribution in [0.3, 0.4) is 0 Å². The molecule has 1 aromatic rings. The van der Waals surface area contributed by atoms with Gasteiger partial charge < -0.3 is 10.1 Å². The zero-order valence-electron chi connectivity index (χ0n) is 14.4. The average molecular weight is 349 g/mol. The third-order valence-corrected chi connectivity index (χ3v) is 4.51. The Labute approximate surface area is 146 Å². The smallest absolute Gasteiger partial charge is 0.307 e. The van der Waals surface area contributed by atoms with Crippen molar-refractivity contribution in [1.82, 2.24) is 4.90 Å². The zero-order valence-corrected chi connectivity index (χ0v) is 14.4. The molecule has 1 atom stereocenters. The number of nitrogens with one attached hydrogen (secondary N) is 1. The quantitative estimate of drug-likeness (QED) is 0.480. The van der Waals surface area contributed by atoms with E-state index < -0.39 is 22.8 Å². The summed E-state index contributed by atoms with van der Waals surface area (Å²) in [7, 11) is 1.28. The predicted molar refractivity (Wildman–Crippen MR) is 92.1 cm³/mol. The van der Waals surface area contributed by atoms with Gasteiger partial charge in [0.25, 0.3) is 5.69 Å². The first kappa shape index (κ1) is 18.9. The molecule has 1 aromatic carbocycles. The molecule has 0 saturated carbocycles. The maximum absolute atomic E-state index is 12.7. The van der Waals surface area contributed by atoms with E-state index in [9.17, 15) is 19.7 Å². The summed E-state index contributed by atoms with van der Waals surface area (Å²) in [4.78, 5) is 37.0. The summed E-state index contributed by atoms with van der Waals surface area (Å²) in [6.07, 6.45) is 1.80. The van der Waals surface area contributed by atoms with E-state index in [4.69, 9.17) is 4.74 Å². The molecule has 2 rings (SSSR count). The molecule has 136 valence electrons. The third kappa shape index (κ3) is 4.99. The number of amides is 1. The maximum atomic E-state index is 12.7. The molecule has 1 heterocycles. The first-order chi connectivity index (χ1) is 11.9. The van der Waals surface area contributed by atoms with Crippen molar-refractivity contribution >= 4 is 23.3 Å². The largest absolute Gasteiger partial charge is 0.469 e. The van der Waals surface area contributed by atoms with Crippen LogP contribution in [0.25, 0.3) is 0 Å². The van der Waals surface area contributed by atoms with Gasteiger partial charge in [0.05, 0.1) is 18.5 Å². The molecule has 1 N–H and O–H groups in total. The molecule has 0 spiro atoms. The lowest BCUT2D eigenvalue weighted by Gasteiger charge is -2.35. The van der Waals surface area contributed by atoms with E-state index in [0.29, 0.717) is 19.0 Å². The Morgan fingerprint density at radius 3 is 2.60 bits per heavy atom. The number of rotatable bonds is 6. The minimum absolute atomic E-state index is 0.0860. The van der Waals surface area contributed by atoms with Crippen molar-refractivity contribution in [2.45, 2.75) is 32.2 Å². The van der Waals surface area contributed by atoms with E-state index in [0.717, 1.165) is 12.8 Å². The van der Waals surface area contributed by atoms with Crippen molar-refractivity contribution in [3.8, 4) is 0 Å². The van der Waals surface area contributed by atoms with Gasteiger partial charge in [0, 0.05) is 6.07 Å². The van der Waals surface area contributed by atoms with Gasteiger partial charge in [-0.2, -0.15) is 0 Å². The molecule has 1 saturated heterocycles. The van der Waals surface area contributed by atoms with E-state index in [-0.39, 0.29) is 17.8 Å². The van der Waals surface area contributed by atoms with Gasteiger partial charge in [0.1, 0.15) is 11.7 Å². The number of ether oxygens (including phenoxy) is 1. The molecular weight excluding hydrogens is 326 g/mol. The SMILES string of the molecule is COC(=O)CC(C(=O)Nc1ccccc1[N+](=O)[O-])N1CCC(C)CC1. The van der Waals surface area contributed by atoms with Gasteiger partial charge in [-0.25, -0.2) is 0 Å². The molecule has 0 aromatic heterocycles. The van der Waals surface area contributed by atoms with Gasteiger partial charge in [0.2, 0.25) is 5.91 Å². The second-order valence-electron chi connectivity index (χ2n) is 6.28. The monoisotopic (exact) mass is 349 g/mol. The average Bonchev–Trinajstić information content (AvgIpc) is 2.60. The molecule has 0 radical (unpaired) electrons. The van der Waals surface area contributed by atoms with Crippen LogP contribution in [0.2, 0.25) is 0 Å². The summed E-state index contributed by atoms with van der Waals surface area (Å²) >= 11 is 0. The van der Waals surface area contributed by atoms with Crippen molar-refractivity contribution in [2.75, 3.05) is 25.5 Å². The number of likely N-dealkylation sites (tertiary alicyclic amines) is 1. The number of carbonyl (C=O) groups excluding carboxylic acids is 2. The molecule has 25 heavy (non-hydrogen) atoms. The topological polar surface area (TPSA) is 102 Å². The molecule has 1 amide bonds. The fraction of sp³-hybridized carbons (Fsp3) is 0.529. The van der Waals surface area contributed by atoms with Crippen molar-refractivity contribution in [3.05, 3.63) is 34.4 Å². The van der Waals surface area contributed by atoms with Gasteiger partial charge in [-0.3, -0.25) is 24.6 Å². The molecule has 0 aliphatic carbocycles. The molecule has 1 fully saturated rings. The number of para-hydroxylation sites is 2. The van der Waals surface area contributed by atoms with Crippen LogP contribution in [0.5, 0.6) is 0 Å². The van der Waals surface area contributed by atoms with Gasteiger partial charge in [-0.05, 0) is 37.9 Å². The number of benzene rings is 1. The van der Waals surface area contributed by atoms with Gasteiger partial charge in [-0.1, -0.05) is 19.1 Å². The van der Waals surface area contributed by atoms with Crippen LogP contribution in [0.15, 0.2) is 24.3 Å². The van der Waals surface area contributed by atoms with Crippen molar-refractivity contribution in [1.29, 1.82) is 0 Å². The minimum Gasteiger partial charge on any atom is -0.469 e. The molecule has 8 heteroatoms. The van der Waals surface area contributed by atoms with E-state index in [2.05, 4.69) is 12.2 Å². The number of carbonyl (C=O) groups is 2. The highest BCUT2D eigenvalue weighted by molar-refractivity contribution is 5.98. The Kier molecular flexibility index (Phi) is 6.46. The van der Waals surface area contributed by atoms with Crippen LogP contribution >= 0.6 is 0 Å². The lowest BCUT2D eigenvalue weighted by Crippen LogP contribution is -2.48. The number of hydrogen-bond donors (Lipinski definition) is 1. The summed E-state index contributed by atoms with van der Waals surface area (Å²) in [6, 6.07) is 5.24. The molecular formula is C17H23N3O5. The summed E-state index contributed by atoms with van der Waals surface area (Å²) in [5.41, 5.74) is -0.0577. The lowest BCUT2D eigenvalue weighted by molar-refractivity contribution is -0.383. The first-order valence-electron chi connectivity index (χ1n) is 8.27. The van der Waals surface area contributed by atoms with Crippen LogP contribution in [-0.4, -0.2) is 47.9 Å². The van der Waals surface area contributed by atoms with Gasteiger partial charge in [-0.15, -0.1) is 0 Å². The standard InChI is InChI=1S/C17H23N3O5/c1-12-7-9-19(10-8-12)15(11-16(21)25-2)17(22)18-13-5-3-4-6-14(13)20(23)24/h3-6,12,15H,7-11H2,1-2H3,(H,18,22). The van der Waals surface area contributed by atoms with Crippen molar-refractivity contribution < 1.29 is 19.2 Å². The van der Waals surface area contributed by atoms with E-state index in [1.807, 2.05) is 4.90 Å².